The summed E-state index contributed by atoms with van der Waals surface area (Å²) >= 11 is 1.69. The van der Waals surface area contributed by atoms with Gasteiger partial charge < -0.3 is 10.1 Å². The lowest BCUT2D eigenvalue weighted by Gasteiger charge is -2.14. The highest BCUT2D eigenvalue weighted by atomic mass is 32.2. The minimum Gasteiger partial charge on any atom is -0.488 e. The van der Waals surface area contributed by atoms with Crippen LogP contribution in [0.25, 0.3) is 10.8 Å². The fourth-order valence-electron chi connectivity index (χ4n) is 3.38. The van der Waals surface area contributed by atoms with Gasteiger partial charge in [-0.05, 0) is 32.8 Å². The van der Waals surface area contributed by atoms with Crippen molar-refractivity contribution in [1.82, 2.24) is 20.2 Å². The zero-order valence-corrected chi connectivity index (χ0v) is 17.9. The van der Waals surface area contributed by atoms with E-state index in [1.165, 1.54) is 21.9 Å². The Morgan fingerprint density at radius 1 is 1.00 bits per heavy atom. The molecule has 6 nitrogen and oxygen atoms in total. The van der Waals surface area contributed by atoms with E-state index in [0.717, 1.165) is 36.2 Å². The van der Waals surface area contributed by atoms with E-state index in [-0.39, 0.29) is 0 Å². The van der Waals surface area contributed by atoms with Crippen molar-refractivity contribution in [2.45, 2.75) is 24.7 Å². The molecule has 0 bridgehead atoms. The molecule has 0 amide bonds. The quantitative estimate of drug-likeness (QED) is 0.315. The summed E-state index contributed by atoms with van der Waals surface area (Å²) in [5.74, 6) is 1.96. The number of hydrogen-bond acceptors (Lipinski definition) is 5. The van der Waals surface area contributed by atoms with Gasteiger partial charge in [-0.25, -0.2) is 4.68 Å². The highest BCUT2D eigenvalue weighted by Gasteiger charge is 2.11. The van der Waals surface area contributed by atoms with E-state index in [9.17, 15) is 0 Å². The molecule has 154 valence electrons. The predicted octanol–water partition coefficient (Wildman–Crippen LogP) is 3.19. The molecule has 0 spiro atoms. The van der Waals surface area contributed by atoms with E-state index in [1.54, 1.807) is 16.4 Å². The molecule has 0 saturated heterocycles. The summed E-state index contributed by atoms with van der Waals surface area (Å²) in [6, 6.07) is 23.1. The number of aryl methyl sites for hydroxylation is 1. The first-order valence-electron chi connectivity index (χ1n) is 10.2. The fourth-order valence-corrected chi connectivity index (χ4v) is 4.19. The lowest BCUT2D eigenvalue weighted by atomic mass is 10.0. The minimum absolute atomic E-state index is 0.578. The normalized spacial score (nSPS) is 11.1. The third-order valence-electron chi connectivity index (χ3n) is 4.95. The van der Waals surface area contributed by atoms with Gasteiger partial charge in [-0.3, -0.25) is 0 Å². The molecule has 1 heterocycles. The first-order chi connectivity index (χ1) is 14.8. The van der Waals surface area contributed by atoms with Crippen LogP contribution in [0.3, 0.4) is 0 Å². The SMILES string of the molecule is Cn1nnnc1SCCC[NH2+]Cc1c(OCc2ccccc2)ccc2ccccc12. The number of fused-ring (bicyclic) bond motifs is 1. The average molecular weight is 421 g/mol. The molecule has 0 aliphatic carbocycles. The Balaban J connectivity index is 1.37. The number of rotatable bonds is 10. The summed E-state index contributed by atoms with van der Waals surface area (Å²) in [7, 11) is 1.87. The summed E-state index contributed by atoms with van der Waals surface area (Å²) in [6.45, 7) is 2.51. The molecule has 0 fully saturated rings. The number of quaternary nitrogens is 1. The van der Waals surface area contributed by atoms with Gasteiger partial charge in [0.2, 0.25) is 5.16 Å². The van der Waals surface area contributed by atoms with Gasteiger partial charge in [0.05, 0.1) is 12.1 Å². The topological polar surface area (TPSA) is 69.4 Å². The molecule has 30 heavy (non-hydrogen) atoms. The third-order valence-corrected chi connectivity index (χ3v) is 6.05. The van der Waals surface area contributed by atoms with Gasteiger partial charge in [-0.15, -0.1) is 5.10 Å². The van der Waals surface area contributed by atoms with Crippen molar-refractivity contribution in [3.8, 4) is 5.75 Å². The van der Waals surface area contributed by atoms with Gasteiger partial charge in [-0.2, -0.15) is 0 Å². The molecular formula is C23H26N5OS+. The molecule has 2 N–H and O–H groups in total. The van der Waals surface area contributed by atoms with Crippen LogP contribution in [-0.4, -0.2) is 32.5 Å². The van der Waals surface area contributed by atoms with E-state index in [1.807, 2.05) is 25.2 Å². The number of hydrogen-bond donors (Lipinski definition) is 1. The zero-order valence-electron chi connectivity index (χ0n) is 17.1. The second kappa shape index (κ2) is 10.2. The van der Waals surface area contributed by atoms with Gasteiger partial charge in [0.25, 0.3) is 0 Å². The maximum absolute atomic E-state index is 6.22. The van der Waals surface area contributed by atoms with Crippen LogP contribution in [0.5, 0.6) is 5.75 Å². The van der Waals surface area contributed by atoms with E-state index < -0.39 is 0 Å². The van der Waals surface area contributed by atoms with Crippen LogP contribution >= 0.6 is 11.8 Å². The van der Waals surface area contributed by atoms with Crippen LogP contribution in [0.15, 0.2) is 71.9 Å². The number of ether oxygens (including phenoxy) is 1. The van der Waals surface area contributed by atoms with Crippen LogP contribution in [0.2, 0.25) is 0 Å². The lowest BCUT2D eigenvalue weighted by Crippen LogP contribution is -2.82. The third kappa shape index (κ3) is 5.17. The summed E-state index contributed by atoms with van der Waals surface area (Å²) in [5.41, 5.74) is 2.44. The number of aromatic nitrogens is 4. The van der Waals surface area contributed by atoms with Gasteiger partial charge >= 0.3 is 0 Å². The monoisotopic (exact) mass is 420 g/mol. The molecule has 3 aromatic carbocycles. The van der Waals surface area contributed by atoms with Crippen molar-refractivity contribution in [1.29, 1.82) is 0 Å². The van der Waals surface area contributed by atoms with Crippen LogP contribution in [0.4, 0.5) is 0 Å². The molecule has 4 aromatic rings. The number of thioether (sulfide) groups is 1. The van der Waals surface area contributed by atoms with Crippen LogP contribution in [0, 0.1) is 0 Å². The maximum Gasteiger partial charge on any atom is 0.209 e. The van der Waals surface area contributed by atoms with Crippen molar-refractivity contribution in [2.24, 2.45) is 7.05 Å². The van der Waals surface area contributed by atoms with E-state index in [0.29, 0.717) is 6.61 Å². The van der Waals surface area contributed by atoms with Gasteiger partial charge in [0.1, 0.15) is 18.9 Å². The first-order valence-corrected chi connectivity index (χ1v) is 11.1. The zero-order chi connectivity index (χ0) is 20.6. The standard InChI is InChI=1S/C23H25N5OS/c1-28-23(25-26-27-28)30-15-7-14-24-16-21-20-11-6-5-10-19(20)12-13-22(21)29-17-18-8-3-2-4-9-18/h2-6,8-13,24H,7,14-17H2,1H3/p+1. The first kappa shape index (κ1) is 20.4. The second-order valence-electron chi connectivity index (χ2n) is 7.11. The molecule has 0 unspecified atom stereocenters. The summed E-state index contributed by atoms with van der Waals surface area (Å²) in [4.78, 5) is 0. The Kier molecular flexibility index (Phi) is 6.95. The molecule has 1 aromatic heterocycles. The smallest absolute Gasteiger partial charge is 0.209 e. The predicted molar refractivity (Wildman–Crippen MR) is 119 cm³/mol. The molecular weight excluding hydrogens is 394 g/mol. The second-order valence-corrected chi connectivity index (χ2v) is 8.17. The Hall–Kier alpha value is -2.90. The van der Waals surface area contributed by atoms with Gasteiger partial charge in [0, 0.05) is 19.2 Å². The number of nitrogens with zero attached hydrogens (tertiary/aromatic N) is 4. The molecule has 0 atom stereocenters. The molecule has 0 radical (unpaired) electrons. The molecule has 0 aliphatic rings. The van der Waals surface area contributed by atoms with Crippen molar-refractivity contribution in [3.05, 3.63) is 77.9 Å². The Morgan fingerprint density at radius 3 is 2.67 bits per heavy atom. The van der Waals surface area contributed by atoms with Crippen LogP contribution < -0.4 is 10.1 Å². The largest absolute Gasteiger partial charge is 0.488 e. The summed E-state index contributed by atoms with van der Waals surface area (Å²) in [5, 5.41) is 17.3. The highest BCUT2D eigenvalue weighted by Crippen LogP contribution is 2.28. The average Bonchev–Trinajstić information content (AvgIpc) is 3.20. The van der Waals surface area contributed by atoms with E-state index in [2.05, 4.69) is 69.4 Å². The van der Waals surface area contributed by atoms with Crippen molar-refractivity contribution in [3.63, 3.8) is 0 Å². The lowest BCUT2D eigenvalue weighted by molar-refractivity contribution is -0.670. The molecule has 7 heteroatoms. The summed E-state index contributed by atoms with van der Waals surface area (Å²) in [6.07, 6.45) is 1.09. The maximum atomic E-state index is 6.22. The van der Waals surface area contributed by atoms with E-state index in [4.69, 9.17) is 4.74 Å². The Labute approximate surface area is 180 Å². The van der Waals surface area contributed by atoms with Gasteiger partial charge in [-0.1, -0.05) is 72.4 Å². The van der Waals surface area contributed by atoms with E-state index >= 15 is 0 Å². The number of benzene rings is 3. The number of tetrazole rings is 1. The fraction of sp³-hybridized carbons (Fsp3) is 0.261. The van der Waals surface area contributed by atoms with Crippen LogP contribution in [-0.2, 0) is 20.2 Å². The minimum atomic E-state index is 0.578. The number of nitrogens with two attached hydrogens (primary N) is 1. The molecule has 0 aliphatic heterocycles. The van der Waals surface area contributed by atoms with Gasteiger partial charge in [0.15, 0.2) is 0 Å². The highest BCUT2D eigenvalue weighted by molar-refractivity contribution is 7.99. The Bertz CT molecular complexity index is 1080. The van der Waals surface area contributed by atoms with Crippen LogP contribution in [0.1, 0.15) is 17.5 Å². The van der Waals surface area contributed by atoms with Crippen molar-refractivity contribution < 1.29 is 10.1 Å². The van der Waals surface area contributed by atoms with Crippen molar-refractivity contribution >= 4 is 22.5 Å². The molecule has 4 rings (SSSR count). The van der Waals surface area contributed by atoms with Crippen molar-refractivity contribution in [2.75, 3.05) is 12.3 Å². The Morgan fingerprint density at radius 2 is 1.83 bits per heavy atom. The molecule has 0 saturated carbocycles. The summed E-state index contributed by atoms with van der Waals surface area (Å²) < 4.78 is 7.93.